The van der Waals surface area contributed by atoms with E-state index in [0.29, 0.717) is 12.5 Å². The number of benzene rings is 1. The van der Waals surface area contributed by atoms with Gasteiger partial charge >= 0.3 is 0 Å². The first-order valence-electron chi connectivity index (χ1n) is 10.2. The number of hydrogen-bond donors (Lipinski definition) is 0. The zero-order valence-corrected chi connectivity index (χ0v) is 18.0. The lowest BCUT2D eigenvalue weighted by molar-refractivity contribution is -0.175. The predicted molar refractivity (Wildman–Crippen MR) is 113 cm³/mol. The van der Waals surface area contributed by atoms with Gasteiger partial charge in [0.1, 0.15) is 18.1 Å². The monoisotopic (exact) mass is 470 g/mol. The third-order valence-electron chi connectivity index (χ3n) is 6.08. The molecule has 0 N–H and O–H groups in total. The van der Waals surface area contributed by atoms with Crippen LogP contribution in [0.4, 0.5) is 0 Å². The smallest absolute Gasteiger partial charge is 0.208 e. The van der Waals surface area contributed by atoms with E-state index in [1.54, 1.807) is 6.20 Å². The van der Waals surface area contributed by atoms with Crippen LogP contribution < -0.4 is 4.74 Å². The summed E-state index contributed by atoms with van der Waals surface area (Å²) in [4.78, 5) is 19.8. The summed E-state index contributed by atoms with van der Waals surface area (Å²) in [5.74, 6) is 0.833. The lowest BCUT2D eigenvalue weighted by atomic mass is 9.73. The fraction of sp³-hybridized carbons (Fsp3) is 0.391. The maximum absolute atomic E-state index is 13.2. The SMILES string of the molecule is O=C1C(Oc2ccccc2Br)=COC2C1CCC1OCN(Cc3ccccn3)CC12. The maximum atomic E-state index is 13.2. The molecule has 5 rings (SSSR count). The average molecular weight is 471 g/mol. The number of Topliss-reactive ketones (excluding diaryl/α,β-unsaturated/α-hetero) is 1. The third-order valence-corrected chi connectivity index (χ3v) is 6.73. The number of nitrogens with zero attached hydrogens (tertiary/aromatic N) is 2. The minimum absolute atomic E-state index is 0.0160. The van der Waals surface area contributed by atoms with Crippen molar-refractivity contribution in [3.05, 3.63) is 70.8 Å². The van der Waals surface area contributed by atoms with E-state index < -0.39 is 0 Å². The minimum Gasteiger partial charge on any atom is -0.493 e. The van der Waals surface area contributed by atoms with E-state index in [9.17, 15) is 4.79 Å². The van der Waals surface area contributed by atoms with Gasteiger partial charge in [-0.15, -0.1) is 0 Å². The molecular weight excluding hydrogens is 448 g/mol. The van der Waals surface area contributed by atoms with E-state index in [0.717, 1.165) is 36.1 Å². The molecular formula is C23H23BrN2O4. The normalized spacial score (nSPS) is 28.7. The van der Waals surface area contributed by atoms with Gasteiger partial charge in [0.05, 0.1) is 28.9 Å². The summed E-state index contributed by atoms with van der Waals surface area (Å²) >= 11 is 3.46. The Kier molecular flexibility index (Phi) is 5.58. The Balaban J connectivity index is 1.30. The molecule has 0 spiro atoms. The molecule has 1 saturated heterocycles. The Morgan fingerprint density at radius 2 is 2.03 bits per heavy atom. The number of rotatable bonds is 4. The summed E-state index contributed by atoms with van der Waals surface area (Å²) in [7, 11) is 0. The number of carbonyl (C=O) groups excluding carboxylic acids is 1. The van der Waals surface area contributed by atoms with Crippen molar-refractivity contribution in [3.63, 3.8) is 0 Å². The highest BCUT2D eigenvalue weighted by Crippen LogP contribution is 2.41. The molecule has 1 aromatic carbocycles. The number of allylic oxidation sites excluding steroid dienone is 1. The molecule has 6 nitrogen and oxygen atoms in total. The minimum atomic E-state index is -0.202. The number of para-hydroxylation sites is 1. The van der Waals surface area contributed by atoms with Crippen molar-refractivity contribution in [2.75, 3.05) is 13.3 Å². The van der Waals surface area contributed by atoms with E-state index in [1.807, 2.05) is 42.5 Å². The Hall–Kier alpha value is -2.22. The molecule has 156 valence electrons. The van der Waals surface area contributed by atoms with Gasteiger partial charge in [0.15, 0.2) is 0 Å². The number of hydrogen-bond acceptors (Lipinski definition) is 6. The van der Waals surface area contributed by atoms with Crippen molar-refractivity contribution in [3.8, 4) is 5.75 Å². The highest BCUT2D eigenvalue weighted by molar-refractivity contribution is 9.10. The zero-order valence-electron chi connectivity index (χ0n) is 16.4. The molecule has 2 aromatic rings. The topological polar surface area (TPSA) is 60.9 Å². The van der Waals surface area contributed by atoms with E-state index in [-0.39, 0.29) is 35.6 Å². The molecule has 1 aromatic heterocycles. The van der Waals surface area contributed by atoms with Crippen LogP contribution in [0.5, 0.6) is 5.75 Å². The van der Waals surface area contributed by atoms with Crippen LogP contribution in [0.3, 0.4) is 0 Å². The van der Waals surface area contributed by atoms with Crippen molar-refractivity contribution in [1.82, 2.24) is 9.88 Å². The van der Waals surface area contributed by atoms with Crippen molar-refractivity contribution < 1.29 is 19.0 Å². The third kappa shape index (κ3) is 3.89. The Bertz CT molecular complexity index is 951. The number of halogens is 1. The number of ether oxygens (including phenoxy) is 3. The number of pyridine rings is 1. The second-order valence-electron chi connectivity index (χ2n) is 7.99. The van der Waals surface area contributed by atoms with Gasteiger partial charge in [0.2, 0.25) is 11.5 Å². The Labute approximate surface area is 184 Å². The van der Waals surface area contributed by atoms with E-state index in [2.05, 4.69) is 25.8 Å². The molecule has 2 aliphatic heterocycles. The number of ketones is 1. The van der Waals surface area contributed by atoms with Crippen LogP contribution in [0, 0.1) is 11.8 Å². The fourth-order valence-electron chi connectivity index (χ4n) is 4.62. The van der Waals surface area contributed by atoms with Gasteiger partial charge in [-0.1, -0.05) is 18.2 Å². The van der Waals surface area contributed by atoms with Gasteiger partial charge in [-0.3, -0.25) is 14.7 Å². The fourth-order valence-corrected chi connectivity index (χ4v) is 4.99. The molecule has 0 amide bonds. The van der Waals surface area contributed by atoms with E-state index in [4.69, 9.17) is 14.2 Å². The van der Waals surface area contributed by atoms with Crippen LogP contribution in [0.25, 0.3) is 0 Å². The lowest BCUT2D eigenvalue weighted by Crippen LogP contribution is -2.56. The van der Waals surface area contributed by atoms with Crippen LogP contribution in [-0.2, 0) is 20.8 Å². The second kappa shape index (κ2) is 8.49. The summed E-state index contributed by atoms with van der Waals surface area (Å²) in [6.45, 7) is 2.13. The van der Waals surface area contributed by atoms with E-state index >= 15 is 0 Å². The summed E-state index contributed by atoms with van der Waals surface area (Å²) in [5.41, 5.74) is 1.01. The van der Waals surface area contributed by atoms with Crippen LogP contribution in [0.15, 0.2) is 65.2 Å². The van der Waals surface area contributed by atoms with Gasteiger partial charge in [0.25, 0.3) is 0 Å². The number of fused-ring (bicyclic) bond motifs is 3. The van der Waals surface area contributed by atoms with Gasteiger partial charge < -0.3 is 14.2 Å². The van der Waals surface area contributed by atoms with Gasteiger partial charge in [-0.2, -0.15) is 0 Å². The zero-order chi connectivity index (χ0) is 20.5. The Morgan fingerprint density at radius 1 is 1.17 bits per heavy atom. The molecule has 1 saturated carbocycles. The second-order valence-corrected chi connectivity index (χ2v) is 8.85. The molecule has 0 bridgehead atoms. The molecule has 1 aliphatic carbocycles. The first-order chi connectivity index (χ1) is 14.7. The summed E-state index contributed by atoms with van der Waals surface area (Å²) < 4.78 is 18.9. The van der Waals surface area contributed by atoms with Crippen LogP contribution in [0.1, 0.15) is 18.5 Å². The van der Waals surface area contributed by atoms with Crippen LogP contribution in [-0.4, -0.2) is 41.2 Å². The van der Waals surface area contributed by atoms with Crippen molar-refractivity contribution in [2.24, 2.45) is 11.8 Å². The van der Waals surface area contributed by atoms with Crippen molar-refractivity contribution in [1.29, 1.82) is 0 Å². The Morgan fingerprint density at radius 3 is 2.87 bits per heavy atom. The summed E-state index contributed by atoms with van der Waals surface area (Å²) in [6, 6.07) is 13.4. The number of aromatic nitrogens is 1. The van der Waals surface area contributed by atoms with Crippen LogP contribution >= 0.6 is 15.9 Å². The van der Waals surface area contributed by atoms with Crippen molar-refractivity contribution in [2.45, 2.75) is 31.6 Å². The highest BCUT2D eigenvalue weighted by atomic mass is 79.9. The highest BCUT2D eigenvalue weighted by Gasteiger charge is 2.49. The molecule has 7 heteroatoms. The molecule has 4 atom stereocenters. The molecule has 3 aliphatic rings. The van der Waals surface area contributed by atoms with Gasteiger partial charge in [0, 0.05) is 25.2 Å². The number of carbonyl (C=O) groups is 1. The first-order valence-corrected chi connectivity index (χ1v) is 11.0. The van der Waals surface area contributed by atoms with E-state index in [1.165, 1.54) is 6.26 Å². The first kappa shape index (κ1) is 19.7. The van der Waals surface area contributed by atoms with Gasteiger partial charge in [-0.25, -0.2) is 0 Å². The molecule has 30 heavy (non-hydrogen) atoms. The average Bonchev–Trinajstić information content (AvgIpc) is 2.77. The predicted octanol–water partition coefficient (Wildman–Crippen LogP) is 3.92. The van der Waals surface area contributed by atoms with Gasteiger partial charge in [-0.05, 0) is 53.0 Å². The molecule has 2 fully saturated rings. The quantitative estimate of drug-likeness (QED) is 0.674. The molecule has 3 heterocycles. The maximum Gasteiger partial charge on any atom is 0.208 e. The summed E-state index contributed by atoms with van der Waals surface area (Å²) in [6.07, 6.45) is 4.85. The largest absolute Gasteiger partial charge is 0.493 e. The lowest BCUT2D eigenvalue weighted by Gasteiger charge is -2.48. The van der Waals surface area contributed by atoms with Crippen LogP contribution in [0.2, 0.25) is 0 Å². The standard InChI is InChI=1S/C23H23BrN2O4/c24-18-6-1-2-7-20(18)30-21-13-28-23-16(22(21)27)8-9-19-17(23)12-26(14-29-19)11-15-5-3-4-10-25-15/h1-7,10,13,16-17,19,23H,8-9,11-12,14H2. The molecule has 0 radical (unpaired) electrons. The van der Waals surface area contributed by atoms with Crippen molar-refractivity contribution >= 4 is 21.7 Å². The molecule has 4 unspecified atom stereocenters. The summed E-state index contributed by atoms with van der Waals surface area (Å²) in [5, 5.41) is 0.